The molecule has 19 heavy (non-hydrogen) atoms. The van der Waals surface area contributed by atoms with Gasteiger partial charge in [-0.2, -0.15) is 0 Å². The van der Waals surface area contributed by atoms with E-state index in [1.54, 1.807) is 6.07 Å². The predicted octanol–water partition coefficient (Wildman–Crippen LogP) is 3.67. The topological polar surface area (TPSA) is 55.1 Å². The number of carbonyl (C=O) groups excluding carboxylic acids is 1. The van der Waals surface area contributed by atoms with Crippen LogP contribution in [0.25, 0.3) is 10.1 Å². The molecule has 5 heteroatoms. The summed E-state index contributed by atoms with van der Waals surface area (Å²) >= 11 is 7.54. The van der Waals surface area contributed by atoms with Crippen molar-refractivity contribution in [2.24, 2.45) is 5.92 Å². The molecule has 1 saturated carbocycles. The van der Waals surface area contributed by atoms with Crippen LogP contribution >= 0.6 is 22.9 Å². The summed E-state index contributed by atoms with van der Waals surface area (Å²) in [5, 5.41) is 4.42. The van der Waals surface area contributed by atoms with E-state index in [0.29, 0.717) is 21.5 Å². The predicted molar refractivity (Wildman–Crippen MR) is 80.9 cm³/mol. The van der Waals surface area contributed by atoms with Crippen LogP contribution in [-0.4, -0.2) is 11.9 Å². The lowest BCUT2D eigenvalue weighted by Crippen LogP contribution is -2.33. The molecule has 1 atom stereocenters. The van der Waals surface area contributed by atoms with Crippen LogP contribution in [0.4, 0.5) is 5.69 Å². The zero-order valence-corrected chi connectivity index (χ0v) is 12.1. The van der Waals surface area contributed by atoms with Crippen molar-refractivity contribution in [1.82, 2.24) is 5.32 Å². The van der Waals surface area contributed by atoms with Crippen molar-refractivity contribution in [3.05, 3.63) is 28.1 Å². The second kappa shape index (κ2) is 4.69. The van der Waals surface area contributed by atoms with E-state index < -0.39 is 0 Å². The Morgan fingerprint density at radius 2 is 2.26 bits per heavy atom. The van der Waals surface area contributed by atoms with Gasteiger partial charge < -0.3 is 11.1 Å². The molecule has 1 aromatic carbocycles. The third-order valence-corrected chi connectivity index (χ3v) is 5.08. The number of nitrogen functional groups attached to an aromatic ring is 1. The molecule has 1 amide bonds. The van der Waals surface area contributed by atoms with Crippen molar-refractivity contribution in [2.75, 3.05) is 5.73 Å². The van der Waals surface area contributed by atoms with Gasteiger partial charge in [-0.1, -0.05) is 17.7 Å². The fraction of sp³-hybridized carbons (Fsp3) is 0.357. The van der Waals surface area contributed by atoms with Gasteiger partial charge in [0.1, 0.15) is 4.88 Å². The molecule has 0 saturated heterocycles. The molecule has 1 aliphatic carbocycles. The Morgan fingerprint density at radius 3 is 2.89 bits per heavy atom. The Bertz CT molecular complexity index is 648. The molecule has 1 heterocycles. The molecule has 3 N–H and O–H groups in total. The van der Waals surface area contributed by atoms with Crippen molar-refractivity contribution in [3.63, 3.8) is 0 Å². The number of nitrogens with two attached hydrogens (primary N) is 1. The zero-order valence-electron chi connectivity index (χ0n) is 10.6. The van der Waals surface area contributed by atoms with E-state index >= 15 is 0 Å². The average molecular weight is 295 g/mol. The van der Waals surface area contributed by atoms with E-state index in [-0.39, 0.29) is 11.9 Å². The number of rotatable bonds is 3. The first kappa shape index (κ1) is 12.8. The van der Waals surface area contributed by atoms with Crippen LogP contribution in [0.15, 0.2) is 18.2 Å². The first-order valence-corrected chi connectivity index (χ1v) is 7.54. The molecule has 1 aliphatic rings. The van der Waals surface area contributed by atoms with Gasteiger partial charge in [0.15, 0.2) is 0 Å². The van der Waals surface area contributed by atoms with Crippen LogP contribution in [0.2, 0.25) is 5.02 Å². The number of hydrogen-bond acceptors (Lipinski definition) is 3. The van der Waals surface area contributed by atoms with Crippen molar-refractivity contribution in [3.8, 4) is 0 Å². The number of hydrogen-bond donors (Lipinski definition) is 2. The Balaban J connectivity index is 1.93. The molecule has 0 radical (unpaired) electrons. The van der Waals surface area contributed by atoms with E-state index in [2.05, 4.69) is 5.32 Å². The molecule has 3 rings (SSSR count). The van der Waals surface area contributed by atoms with E-state index in [0.717, 1.165) is 10.1 Å². The fourth-order valence-electron chi connectivity index (χ4n) is 2.28. The monoisotopic (exact) mass is 294 g/mol. The van der Waals surface area contributed by atoms with Gasteiger partial charge in [0, 0.05) is 16.1 Å². The van der Waals surface area contributed by atoms with Gasteiger partial charge in [-0.05, 0) is 37.8 Å². The number of thiophene rings is 1. The van der Waals surface area contributed by atoms with E-state index in [9.17, 15) is 4.79 Å². The number of amides is 1. The lowest BCUT2D eigenvalue weighted by Gasteiger charge is -2.11. The second-order valence-electron chi connectivity index (χ2n) is 5.06. The van der Waals surface area contributed by atoms with Crippen LogP contribution in [-0.2, 0) is 0 Å². The molecule has 100 valence electrons. The average Bonchev–Trinajstić information content (AvgIpc) is 3.15. The van der Waals surface area contributed by atoms with Crippen molar-refractivity contribution >= 4 is 44.6 Å². The van der Waals surface area contributed by atoms with Gasteiger partial charge in [-0.25, -0.2) is 0 Å². The minimum absolute atomic E-state index is 0.0887. The summed E-state index contributed by atoms with van der Waals surface area (Å²) in [5.41, 5.74) is 6.57. The highest BCUT2D eigenvalue weighted by Gasteiger charge is 2.30. The van der Waals surface area contributed by atoms with Crippen LogP contribution in [0, 0.1) is 5.92 Å². The summed E-state index contributed by atoms with van der Waals surface area (Å²) < 4.78 is 0.953. The molecule has 1 unspecified atom stereocenters. The Kier molecular flexibility index (Phi) is 3.15. The van der Waals surface area contributed by atoms with Gasteiger partial charge >= 0.3 is 0 Å². The molecule has 0 aliphatic heterocycles. The Labute approximate surface area is 120 Å². The molecule has 2 aromatic rings. The number of benzene rings is 1. The molecule has 1 fully saturated rings. The van der Waals surface area contributed by atoms with Crippen LogP contribution in [0.3, 0.4) is 0 Å². The normalized spacial score (nSPS) is 16.5. The van der Waals surface area contributed by atoms with Crippen LogP contribution < -0.4 is 11.1 Å². The molecule has 3 nitrogen and oxygen atoms in total. The highest BCUT2D eigenvalue weighted by molar-refractivity contribution is 7.21. The summed E-state index contributed by atoms with van der Waals surface area (Å²) in [4.78, 5) is 12.8. The van der Waals surface area contributed by atoms with E-state index in [1.807, 2.05) is 19.1 Å². The Hall–Kier alpha value is -1.26. The first-order chi connectivity index (χ1) is 9.08. The third-order valence-electron chi connectivity index (χ3n) is 3.60. The summed E-state index contributed by atoms with van der Waals surface area (Å²) in [7, 11) is 0. The summed E-state index contributed by atoms with van der Waals surface area (Å²) in [6.45, 7) is 2.05. The van der Waals surface area contributed by atoms with Crippen molar-refractivity contribution in [1.29, 1.82) is 0 Å². The summed E-state index contributed by atoms with van der Waals surface area (Å²) in [5.74, 6) is 0.539. The zero-order chi connectivity index (χ0) is 13.6. The van der Waals surface area contributed by atoms with Crippen LogP contribution in [0.1, 0.15) is 29.4 Å². The largest absolute Gasteiger partial charge is 0.397 e. The third kappa shape index (κ3) is 2.30. The van der Waals surface area contributed by atoms with Crippen molar-refractivity contribution < 1.29 is 4.79 Å². The molecular weight excluding hydrogens is 280 g/mol. The van der Waals surface area contributed by atoms with Gasteiger partial charge in [0.2, 0.25) is 0 Å². The number of fused-ring (bicyclic) bond motifs is 1. The van der Waals surface area contributed by atoms with Crippen LogP contribution in [0.5, 0.6) is 0 Å². The second-order valence-corrected chi connectivity index (χ2v) is 6.52. The SMILES string of the molecule is CC(NC(=O)c1sc2cccc(Cl)c2c1N)C1CC1. The number of nitrogens with one attached hydrogen (secondary N) is 1. The molecule has 1 aromatic heterocycles. The van der Waals surface area contributed by atoms with E-state index in [4.69, 9.17) is 17.3 Å². The lowest BCUT2D eigenvalue weighted by molar-refractivity contribution is 0.0941. The first-order valence-electron chi connectivity index (χ1n) is 6.35. The summed E-state index contributed by atoms with van der Waals surface area (Å²) in [6.07, 6.45) is 2.41. The highest BCUT2D eigenvalue weighted by atomic mass is 35.5. The molecule has 0 bridgehead atoms. The van der Waals surface area contributed by atoms with Gasteiger partial charge in [-0.3, -0.25) is 4.79 Å². The fourth-order valence-corrected chi connectivity index (χ4v) is 3.67. The summed E-state index contributed by atoms with van der Waals surface area (Å²) in [6, 6.07) is 5.81. The maximum atomic E-state index is 12.3. The van der Waals surface area contributed by atoms with Gasteiger partial charge in [0.05, 0.1) is 10.7 Å². The minimum Gasteiger partial charge on any atom is -0.397 e. The number of anilines is 1. The molecule has 0 spiro atoms. The standard InChI is InChI=1S/C14H15ClN2OS/c1-7(8-5-6-8)17-14(18)13-12(16)11-9(15)3-2-4-10(11)19-13/h2-4,7-8H,5-6,16H2,1H3,(H,17,18). The molecular formula is C14H15ClN2OS. The highest BCUT2D eigenvalue weighted by Crippen LogP contribution is 2.38. The number of halogens is 1. The van der Waals surface area contributed by atoms with Gasteiger partial charge in [-0.15, -0.1) is 11.3 Å². The maximum Gasteiger partial charge on any atom is 0.263 e. The minimum atomic E-state index is -0.0887. The van der Waals surface area contributed by atoms with Gasteiger partial charge in [0.25, 0.3) is 5.91 Å². The quantitative estimate of drug-likeness (QED) is 0.907. The maximum absolute atomic E-state index is 12.3. The van der Waals surface area contributed by atoms with Crippen molar-refractivity contribution in [2.45, 2.75) is 25.8 Å². The Morgan fingerprint density at radius 1 is 1.53 bits per heavy atom. The van der Waals surface area contributed by atoms with E-state index in [1.165, 1.54) is 24.2 Å². The number of carbonyl (C=O) groups is 1. The smallest absolute Gasteiger partial charge is 0.263 e. The lowest BCUT2D eigenvalue weighted by atomic mass is 10.2.